The fourth-order valence-electron chi connectivity index (χ4n) is 3.72. The number of hydrogen-bond acceptors (Lipinski definition) is 5. The predicted molar refractivity (Wildman–Crippen MR) is 124 cm³/mol. The van der Waals surface area contributed by atoms with Gasteiger partial charge in [0, 0.05) is 22.8 Å². The van der Waals surface area contributed by atoms with E-state index in [0.29, 0.717) is 17.0 Å². The minimum atomic E-state index is 0. The van der Waals surface area contributed by atoms with Gasteiger partial charge in [-0.05, 0) is 66.1 Å². The van der Waals surface area contributed by atoms with Gasteiger partial charge in [-0.1, -0.05) is 35.9 Å². The minimum Gasteiger partial charge on any atom is -0.517 e. The van der Waals surface area contributed by atoms with Gasteiger partial charge in [0.05, 0.1) is 34.3 Å². The summed E-state index contributed by atoms with van der Waals surface area (Å²) in [7, 11) is 0. The van der Waals surface area contributed by atoms with Crippen LogP contribution in [0, 0.1) is 6.08 Å². The number of aliphatic imine (C=N–C) groups is 4. The molecule has 1 radical (unpaired) electrons. The van der Waals surface area contributed by atoms with Crippen molar-refractivity contribution in [2.24, 2.45) is 20.0 Å². The number of allylic oxidation sites excluding steroid dienone is 12. The number of hydrogen-bond donors (Lipinski definition) is 1. The van der Waals surface area contributed by atoms with Gasteiger partial charge in [0.25, 0.3) is 0 Å². The molecule has 5 nitrogen and oxygen atoms in total. The van der Waals surface area contributed by atoms with Gasteiger partial charge >= 0.3 is 0 Å². The molecule has 0 aliphatic carbocycles. The standard InChI is InChI=1S/C26H15N4O.Mn/c31-26-4-2-1-3-23(26)24-14-22-13-20-8-7-18(28-20)11-16-5-6-17(27-16)12-19-9-10-21(29-19)15-25(24)30-22;/h1-13,15,31H;/q-1;. The molecule has 0 unspecified atom stereocenters. The van der Waals surface area contributed by atoms with Crippen molar-refractivity contribution in [1.29, 1.82) is 0 Å². The first kappa shape index (κ1) is 20.1. The fourth-order valence-corrected chi connectivity index (χ4v) is 3.72. The Kier molecular flexibility index (Phi) is 5.02. The van der Waals surface area contributed by atoms with E-state index in [4.69, 9.17) is 4.99 Å². The fraction of sp³-hybridized carbons (Fsp3) is 0. The molecule has 0 aromatic heterocycles. The van der Waals surface area contributed by atoms with Gasteiger partial charge in [0.2, 0.25) is 0 Å². The van der Waals surface area contributed by atoms with E-state index < -0.39 is 0 Å². The van der Waals surface area contributed by atoms with E-state index in [-0.39, 0.29) is 22.8 Å². The van der Waals surface area contributed by atoms with E-state index in [2.05, 4.69) is 21.1 Å². The SMILES string of the molecule is Oc1ccccc1C1=[C-]C2=NC1=CC1=NC(=CC3=NC(=CC4=NC(=C2)C=C4)C=C3)C=C1.[Mn]. The molecule has 0 saturated carbocycles. The molecule has 5 aliphatic rings. The molecule has 153 valence electrons. The Balaban J connectivity index is 0.00000216. The number of fused-ring (bicyclic) bond motifs is 4. The Hall–Kier alpha value is -3.86. The Bertz CT molecular complexity index is 1420. The van der Waals surface area contributed by atoms with Crippen molar-refractivity contribution in [3.05, 3.63) is 119 Å². The number of phenolic OH excluding ortho intramolecular Hbond substituents is 1. The smallest absolute Gasteiger partial charge is 0.0821 e. The van der Waals surface area contributed by atoms with Crippen molar-refractivity contribution in [2.45, 2.75) is 0 Å². The van der Waals surface area contributed by atoms with E-state index in [9.17, 15) is 5.11 Å². The molecule has 5 heterocycles. The van der Waals surface area contributed by atoms with Crippen LogP contribution in [0.4, 0.5) is 0 Å². The quantitative estimate of drug-likeness (QED) is 0.489. The summed E-state index contributed by atoms with van der Waals surface area (Å²) in [5, 5.41) is 10.4. The van der Waals surface area contributed by atoms with Crippen molar-refractivity contribution in [1.82, 2.24) is 0 Å². The van der Waals surface area contributed by atoms with E-state index in [1.807, 2.05) is 72.9 Å². The number of rotatable bonds is 1. The number of benzene rings is 1. The van der Waals surface area contributed by atoms with Crippen LogP contribution in [-0.2, 0) is 17.1 Å². The van der Waals surface area contributed by atoms with E-state index in [0.717, 1.165) is 39.8 Å². The van der Waals surface area contributed by atoms with Crippen LogP contribution >= 0.6 is 0 Å². The van der Waals surface area contributed by atoms with E-state index >= 15 is 0 Å². The molecule has 5 aliphatic heterocycles. The van der Waals surface area contributed by atoms with Crippen LogP contribution in [0.2, 0.25) is 0 Å². The van der Waals surface area contributed by atoms with Gasteiger partial charge in [-0.25, -0.2) is 9.98 Å². The third-order valence-corrected chi connectivity index (χ3v) is 5.13. The van der Waals surface area contributed by atoms with Crippen molar-refractivity contribution in [3.63, 3.8) is 0 Å². The Morgan fingerprint density at radius 2 is 1.19 bits per heavy atom. The van der Waals surface area contributed by atoms with Gasteiger partial charge in [-0.15, -0.1) is 11.6 Å². The van der Waals surface area contributed by atoms with Gasteiger partial charge in [-0.2, -0.15) is 0 Å². The zero-order valence-corrected chi connectivity index (χ0v) is 17.9. The molecule has 8 bridgehead atoms. The number of aromatic hydroxyl groups is 1. The third-order valence-electron chi connectivity index (χ3n) is 5.13. The predicted octanol–water partition coefficient (Wildman–Crippen LogP) is 4.61. The molecule has 0 spiro atoms. The van der Waals surface area contributed by atoms with Gasteiger partial charge in [0.15, 0.2) is 0 Å². The van der Waals surface area contributed by atoms with Gasteiger partial charge in [-0.3, -0.25) is 4.99 Å². The summed E-state index contributed by atoms with van der Waals surface area (Å²) in [6, 6.07) is 7.20. The second-order valence-corrected chi connectivity index (χ2v) is 7.36. The first-order chi connectivity index (χ1) is 15.2. The molecule has 1 aromatic carbocycles. The summed E-state index contributed by atoms with van der Waals surface area (Å²) >= 11 is 0. The van der Waals surface area contributed by atoms with Crippen LogP contribution < -0.4 is 0 Å². The normalized spacial score (nSPS) is 19.8. The maximum atomic E-state index is 10.4. The van der Waals surface area contributed by atoms with Gasteiger partial charge < -0.3 is 10.1 Å². The molecule has 0 saturated heterocycles. The first-order valence-electron chi connectivity index (χ1n) is 9.88. The summed E-state index contributed by atoms with van der Waals surface area (Å²) in [4.78, 5) is 18.7. The van der Waals surface area contributed by atoms with Crippen molar-refractivity contribution >= 4 is 28.4 Å². The molecular weight excluding hydrogens is 439 g/mol. The third kappa shape index (κ3) is 3.78. The molecule has 1 N–H and O–H groups in total. The topological polar surface area (TPSA) is 69.7 Å². The number of nitrogens with zero attached hydrogens (tertiary/aromatic N) is 4. The summed E-state index contributed by atoms with van der Waals surface area (Å²) in [6.45, 7) is 0. The summed E-state index contributed by atoms with van der Waals surface area (Å²) < 4.78 is 0. The average molecular weight is 454 g/mol. The molecule has 0 fully saturated rings. The maximum Gasteiger partial charge on any atom is 0.0821 e. The molecule has 1 aromatic rings. The molecule has 0 amide bonds. The van der Waals surface area contributed by atoms with Crippen molar-refractivity contribution < 1.29 is 22.2 Å². The molecule has 32 heavy (non-hydrogen) atoms. The van der Waals surface area contributed by atoms with Crippen molar-refractivity contribution in [2.75, 3.05) is 0 Å². The van der Waals surface area contributed by atoms with E-state index in [1.54, 1.807) is 12.1 Å². The van der Waals surface area contributed by atoms with E-state index in [1.165, 1.54) is 0 Å². The zero-order valence-electron chi connectivity index (χ0n) is 16.7. The molecule has 6 heteroatoms. The minimum absolute atomic E-state index is 0. The summed E-state index contributed by atoms with van der Waals surface area (Å²) in [5.74, 6) is 0.184. The largest absolute Gasteiger partial charge is 0.517 e. The van der Waals surface area contributed by atoms with Crippen LogP contribution in [0.25, 0.3) is 5.57 Å². The van der Waals surface area contributed by atoms with Gasteiger partial charge in [0.1, 0.15) is 0 Å². The van der Waals surface area contributed by atoms with Crippen molar-refractivity contribution in [3.8, 4) is 5.75 Å². The maximum absolute atomic E-state index is 10.4. The second kappa shape index (κ2) is 8.00. The summed E-state index contributed by atoms with van der Waals surface area (Å²) in [5.41, 5.74) is 7.65. The monoisotopic (exact) mass is 454 g/mol. The summed E-state index contributed by atoms with van der Waals surface area (Å²) in [6.07, 6.45) is 22.7. The zero-order chi connectivity index (χ0) is 20.8. The van der Waals surface area contributed by atoms with Crippen LogP contribution in [0.5, 0.6) is 5.75 Å². The Labute approximate surface area is 195 Å². The van der Waals surface area contributed by atoms with Crippen LogP contribution in [0.3, 0.4) is 0 Å². The first-order valence-corrected chi connectivity index (χ1v) is 9.88. The Morgan fingerprint density at radius 3 is 1.81 bits per heavy atom. The second-order valence-electron chi connectivity index (χ2n) is 7.36. The number of para-hydroxylation sites is 1. The molecular formula is C26H15MnN4O-. The Morgan fingerprint density at radius 1 is 0.625 bits per heavy atom. The number of phenols is 1. The molecule has 6 rings (SSSR count). The van der Waals surface area contributed by atoms with Crippen LogP contribution in [0.15, 0.2) is 128 Å². The average Bonchev–Trinajstić information content (AvgIpc) is 3.53. The van der Waals surface area contributed by atoms with Crippen LogP contribution in [-0.4, -0.2) is 28.0 Å². The molecule has 0 atom stereocenters. The van der Waals surface area contributed by atoms with Crippen LogP contribution in [0.1, 0.15) is 5.56 Å².